The van der Waals surface area contributed by atoms with Gasteiger partial charge in [0.25, 0.3) is 0 Å². The first-order chi connectivity index (χ1) is 16.0. The maximum atomic E-state index is 13.2. The van der Waals surface area contributed by atoms with Gasteiger partial charge < -0.3 is 20.0 Å². The van der Waals surface area contributed by atoms with Gasteiger partial charge in [-0.15, -0.1) is 0 Å². The van der Waals surface area contributed by atoms with Gasteiger partial charge in [-0.2, -0.15) is 0 Å². The molecule has 7 nitrogen and oxygen atoms in total. The lowest BCUT2D eigenvalue weighted by molar-refractivity contribution is -0.136. The van der Waals surface area contributed by atoms with Gasteiger partial charge >= 0.3 is 11.8 Å². The van der Waals surface area contributed by atoms with Gasteiger partial charge in [-0.3, -0.25) is 14.5 Å². The Labute approximate surface area is 192 Å². The molecule has 1 aromatic heterocycles. The van der Waals surface area contributed by atoms with Crippen LogP contribution in [-0.2, 0) is 9.59 Å². The number of carbonyl (C=O) groups is 2. The van der Waals surface area contributed by atoms with Crippen molar-refractivity contribution in [2.75, 3.05) is 42.9 Å². The molecule has 1 saturated heterocycles. The van der Waals surface area contributed by atoms with Crippen molar-refractivity contribution in [2.45, 2.75) is 13.0 Å². The van der Waals surface area contributed by atoms with Gasteiger partial charge in [0, 0.05) is 44.1 Å². The van der Waals surface area contributed by atoms with Gasteiger partial charge in [0.05, 0.1) is 12.3 Å². The average Bonchev–Trinajstić information content (AvgIpc) is 3.36. The molecule has 0 aliphatic carbocycles. The molecule has 0 bridgehead atoms. The van der Waals surface area contributed by atoms with Crippen molar-refractivity contribution in [2.24, 2.45) is 0 Å². The number of halogens is 1. The second-order valence-electron chi connectivity index (χ2n) is 8.01. The van der Waals surface area contributed by atoms with E-state index >= 15 is 0 Å². The van der Waals surface area contributed by atoms with Crippen molar-refractivity contribution in [1.29, 1.82) is 0 Å². The van der Waals surface area contributed by atoms with Crippen LogP contribution in [-0.4, -0.2) is 49.4 Å². The molecule has 1 atom stereocenters. The van der Waals surface area contributed by atoms with Crippen molar-refractivity contribution < 1.29 is 18.4 Å². The second kappa shape index (κ2) is 10.3. The summed E-state index contributed by atoms with van der Waals surface area (Å²) in [5.41, 5.74) is 2.47. The quantitative estimate of drug-likeness (QED) is 0.564. The van der Waals surface area contributed by atoms with Crippen molar-refractivity contribution >= 4 is 23.2 Å². The van der Waals surface area contributed by atoms with Crippen molar-refractivity contribution in [1.82, 2.24) is 10.2 Å². The highest BCUT2D eigenvalue weighted by Gasteiger charge is 2.28. The molecule has 1 aliphatic heterocycles. The highest BCUT2D eigenvalue weighted by atomic mass is 19.1. The summed E-state index contributed by atoms with van der Waals surface area (Å²) >= 11 is 0. The second-order valence-corrected chi connectivity index (χ2v) is 8.01. The van der Waals surface area contributed by atoms with E-state index in [1.807, 2.05) is 31.2 Å². The number of benzene rings is 2. The molecule has 1 unspecified atom stereocenters. The Morgan fingerprint density at radius 1 is 0.970 bits per heavy atom. The molecule has 2 aromatic carbocycles. The first kappa shape index (κ1) is 22.5. The first-order valence-corrected chi connectivity index (χ1v) is 10.9. The number of hydrogen-bond donors (Lipinski definition) is 2. The van der Waals surface area contributed by atoms with E-state index in [2.05, 4.69) is 20.4 Å². The predicted molar refractivity (Wildman–Crippen MR) is 124 cm³/mol. The van der Waals surface area contributed by atoms with Crippen LogP contribution in [0.2, 0.25) is 0 Å². The first-order valence-electron chi connectivity index (χ1n) is 10.9. The number of piperazine rings is 1. The maximum Gasteiger partial charge on any atom is 0.313 e. The molecule has 2 amide bonds. The van der Waals surface area contributed by atoms with Gasteiger partial charge in [0.2, 0.25) is 0 Å². The minimum atomic E-state index is -0.705. The molecule has 172 valence electrons. The number of nitrogens with one attached hydrogen (secondary N) is 2. The molecule has 2 N–H and O–H groups in total. The van der Waals surface area contributed by atoms with E-state index in [9.17, 15) is 14.0 Å². The third kappa shape index (κ3) is 5.59. The lowest BCUT2D eigenvalue weighted by Crippen LogP contribution is -2.50. The van der Waals surface area contributed by atoms with Gasteiger partial charge in [0.15, 0.2) is 0 Å². The molecule has 0 radical (unpaired) electrons. The molecule has 2 heterocycles. The zero-order chi connectivity index (χ0) is 23.2. The molecule has 4 rings (SSSR count). The fourth-order valence-corrected chi connectivity index (χ4v) is 4.00. The fraction of sp³-hybridized carbons (Fsp3) is 0.280. The van der Waals surface area contributed by atoms with Crippen molar-refractivity contribution in [3.63, 3.8) is 0 Å². The Morgan fingerprint density at radius 2 is 1.70 bits per heavy atom. The van der Waals surface area contributed by atoms with Crippen LogP contribution in [0.5, 0.6) is 0 Å². The molecule has 3 aromatic rings. The molecular weight excluding hydrogens is 423 g/mol. The van der Waals surface area contributed by atoms with Crippen LogP contribution < -0.4 is 15.5 Å². The van der Waals surface area contributed by atoms with Gasteiger partial charge in [-0.05, 0) is 55.0 Å². The summed E-state index contributed by atoms with van der Waals surface area (Å²) in [6.07, 6.45) is 1.60. The monoisotopic (exact) mass is 450 g/mol. The molecule has 1 fully saturated rings. The minimum Gasteiger partial charge on any atom is -0.468 e. The zero-order valence-electron chi connectivity index (χ0n) is 18.5. The third-order valence-electron chi connectivity index (χ3n) is 5.87. The number of furan rings is 1. The van der Waals surface area contributed by atoms with E-state index in [-0.39, 0.29) is 18.4 Å². The minimum absolute atomic E-state index is 0.203. The largest absolute Gasteiger partial charge is 0.468 e. The molecule has 1 aliphatic rings. The zero-order valence-corrected chi connectivity index (χ0v) is 18.5. The summed E-state index contributed by atoms with van der Waals surface area (Å²) in [6.45, 7) is 5.08. The summed E-state index contributed by atoms with van der Waals surface area (Å²) in [7, 11) is 0. The lowest BCUT2D eigenvalue weighted by atomic mass is 10.1. The summed E-state index contributed by atoms with van der Waals surface area (Å²) in [5.74, 6) is -0.925. The third-order valence-corrected chi connectivity index (χ3v) is 5.87. The number of anilines is 2. The van der Waals surface area contributed by atoms with Gasteiger partial charge in [-0.1, -0.05) is 18.2 Å². The standard InChI is InChI=1S/C25H27FN4O3/c1-18-5-2-3-6-21(18)28-25(32)24(31)27-17-22(23-7-4-16-33-23)30-14-12-29(13-15-30)20-10-8-19(26)9-11-20/h2-11,16,22H,12-15,17H2,1H3,(H,27,31)(H,28,32). The van der Waals surface area contributed by atoms with Crippen molar-refractivity contribution in [3.05, 3.63) is 84.1 Å². The topological polar surface area (TPSA) is 77.8 Å². The number of aryl methyl sites for hydroxylation is 1. The van der Waals surface area contributed by atoms with Crippen LogP contribution >= 0.6 is 0 Å². The number of nitrogens with zero attached hydrogens (tertiary/aromatic N) is 2. The van der Waals surface area contributed by atoms with Crippen LogP contribution in [0.15, 0.2) is 71.3 Å². The number of carbonyl (C=O) groups excluding carboxylic acids is 2. The van der Waals surface area contributed by atoms with Crippen LogP contribution in [0.3, 0.4) is 0 Å². The number of rotatable bonds is 6. The highest BCUT2D eigenvalue weighted by Crippen LogP contribution is 2.24. The van der Waals surface area contributed by atoms with Gasteiger partial charge in [-0.25, -0.2) is 4.39 Å². The van der Waals surface area contributed by atoms with Crippen LogP contribution in [0.1, 0.15) is 17.4 Å². The van der Waals surface area contributed by atoms with E-state index in [4.69, 9.17) is 4.42 Å². The van der Waals surface area contributed by atoms with Gasteiger partial charge in [0.1, 0.15) is 11.6 Å². The number of amides is 2. The summed E-state index contributed by atoms with van der Waals surface area (Å²) in [6, 6.07) is 17.3. The van der Waals surface area contributed by atoms with Crippen LogP contribution in [0.25, 0.3) is 0 Å². The summed E-state index contributed by atoms with van der Waals surface area (Å²) in [4.78, 5) is 29.3. The Kier molecular flexibility index (Phi) is 7.04. The Hall–Kier alpha value is -3.65. The Bertz CT molecular complexity index is 1080. The van der Waals surface area contributed by atoms with E-state index in [0.29, 0.717) is 5.69 Å². The average molecular weight is 451 g/mol. The summed E-state index contributed by atoms with van der Waals surface area (Å²) in [5, 5.41) is 5.40. The Balaban J connectivity index is 1.36. The molecule has 8 heteroatoms. The smallest absolute Gasteiger partial charge is 0.313 e. The van der Waals surface area contributed by atoms with Crippen LogP contribution in [0, 0.1) is 12.7 Å². The Morgan fingerprint density at radius 3 is 2.36 bits per heavy atom. The molecular formula is C25H27FN4O3. The normalized spacial score (nSPS) is 15.2. The fourth-order valence-electron chi connectivity index (χ4n) is 4.00. The molecule has 0 spiro atoms. The molecule has 0 saturated carbocycles. The summed E-state index contributed by atoms with van der Waals surface area (Å²) < 4.78 is 18.9. The molecule has 33 heavy (non-hydrogen) atoms. The van der Waals surface area contributed by atoms with Crippen molar-refractivity contribution in [3.8, 4) is 0 Å². The lowest BCUT2D eigenvalue weighted by Gasteiger charge is -2.39. The highest BCUT2D eigenvalue weighted by molar-refractivity contribution is 6.39. The van der Waals surface area contributed by atoms with E-state index in [1.165, 1.54) is 12.1 Å². The number of hydrogen-bond acceptors (Lipinski definition) is 5. The number of para-hydroxylation sites is 1. The maximum absolute atomic E-state index is 13.2. The van der Waals surface area contributed by atoms with Crippen LogP contribution in [0.4, 0.5) is 15.8 Å². The predicted octanol–water partition coefficient (Wildman–Crippen LogP) is 3.35. The van der Waals surface area contributed by atoms with E-state index in [0.717, 1.165) is 43.2 Å². The SMILES string of the molecule is Cc1ccccc1NC(=O)C(=O)NCC(c1ccco1)N1CCN(c2ccc(F)cc2)CC1. The van der Waals surface area contributed by atoms with E-state index in [1.54, 1.807) is 30.5 Å². The van der Waals surface area contributed by atoms with E-state index < -0.39 is 11.8 Å².